The molecule has 2 fully saturated rings. The van der Waals surface area contributed by atoms with Gasteiger partial charge in [-0.15, -0.1) is 0 Å². The Morgan fingerprint density at radius 3 is 2.67 bits per heavy atom. The first-order valence-electron chi connectivity index (χ1n) is 14.8. The van der Waals surface area contributed by atoms with Gasteiger partial charge in [-0.25, -0.2) is 14.7 Å². The molecule has 4 rings (SSSR count). The number of nitrogens with one attached hydrogen (secondary N) is 5. The Morgan fingerprint density at radius 2 is 1.95 bits per heavy atom. The van der Waals surface area contributed by atoms with Gasteiger partial charge in [0.05, 0.1) is 17.9 Å². The molecule has 0 bridgehead atoms. The molecule has 1 aliphatic carbocycles. The molecule has 3 heterocycles. The van der Waals surface area contributed by atoms with Crippen LogP contribution in [0.25, 0.3) is 0 Å². The Morgan fingerprint density at radius 1 is 1.16 bits per heavy atom. The van der Waals surface area contributed by atoms with Gasteiger partial charge in [-0.1, -0.05) is 43.4 Å². The van der Waals surface area contributed by atoms with Crippen LogP contribution in [0.5, 0.6) is 0 Å². The predicted octanol–water partition coefficient (Wildman–Crippen LogP) is 4.62. The van der Waals surface area contributed by atoms with E-state index in [-0.39, 0.29) is 27.2 Å². The van der Waals surface area contributed by atoms with E-state index in [1.54, 1.807) is 12.1 Å². The standard InChI is InChI=1S/C30H42ClN7O4S/c1-30(2)18-22(19-35-30)12-15-33-20-23-8-5-9-27(36-23)43(40,41)38-29(39)24-10-11-26(37-28(24)31)34-16-13-25(32)42-17-14-21-6-3-4-7-21/h5,8-11,13,16,21-22,32-33,35H,3-4,6-7,12,14-15,17-20H2,1-2H3,(H,34,37)(H,38,39)/b16-13-,32-25?/t22-/m0/s1. The molecule has 13 heteroatoms. The summed E-state index contributed by atoms with van der Waals surface area (Å²) in [6, 6.07) is 7.51. The van der Waals surface area contributed by atoms with Crippen molar-refractivity contribution in [3.63, 3.8) is 0 Å². The van der Waals surface area contributed by atoms with Crippen LogP contribution in [0.3, 0.4) is 0 Å². The van der Waals surface area contributed by atoms with Gasteiger partial charge in [0.15, 0.2) is 5.03 Å². The van der Waals surface area contributed by atoms with Crippen LogP contribution < -0.4 is 20.7 Å². The predicted molar refractivity (Wildman–Crippen MR) is 168 cm³/mol. The second kappa shape index (κ2) is 15.1. The number of nitrogens with zero attached hydrogens (tertiary/aromatic N) is 2. The van der Waals surface area contributed by atoms with Gasteiger partial charge in [0.25, 0.3) is 15.9 Å². The Kier molecular flexibility index (Phi) is 11.5. The minimum absolute atomic E-state index is 0.0250. The number of ether oxygens (including phenoxy) is 1. The zero-order valence-corrected chi connectivity index (χ0v) is 26.4. The summed E-state index contributed by atoms with van der Waals surface area (Å²) in [5, 5.41) is 17.2. The first kappa shape index (κ1) is 32.8. The summed E-state index contributed by atoms with van der Waals surface area (Å²) in [5.41, 5.74) is 0.617. The molecular formula is C30H42ClN7O4S. The molecule has 0 radical (unpaired) electrons. The Labute approximate surface area is 259 Å². The number of hydrogen-bond acceptors (Lipinski definition) is 10. The minimum Gasteiger partial charge on any atom is -0.478 e. The summed E-state index contributed by atoms with van der Waals surface area (Å²) in [6.07, 6.45) is 11.1. The molecule has 2 aliphatic rings. The largest absolute Gasteiger partial charge is 0.478 e. The van der Waals surface area contributed by atoms with Gasteiger partial charge in [-0.05, 0) is 82.3 Å². The number of pyridine rings is 2. The fourth-order valence-corrected chi connectivity index (χ4v) is 6.71. The van der Waals surface area contributed by atoms with Crippen LogP contribution in [-0.4, -0.2) is 55.4 Å². The second-order valence-electron chi connectivity index (χ2n) is 11.9. The average Bonchev–Trinajstić information content (AvgIpc) is 3.60. The number of aromatic nitrogens is 2. The highest BCUT2D eigenvalue weighted by Gasteiger charge is 2.29. The number of rotatable bonds is 14. The number of hydrogen-bond donors (Lipinski definition) is 5. The number of halogens is 1. The van der Waals surface area contributed by atoms with Crippen LogP contribution in [-0.2, 0) is 21.3 Å². The average molecular weight is 632 g/mol. The molecule has 1 amide bonds. The molecule has 11 nitrogen and oxygen atoms in total. The first-order chi connectivity index (χ1) is 20.5. The molecule has 1 atom stereocenters. The van der Waals surface area contributed by atoms with E-state index in [0.29, 0.717) is 36.5 Å². The van der Waals surface area contributed by atoms with Crippen molar-refractivity contribution in [2.75, 3.05) is 25.0 Å². The second-order valence-corrected chi connectivity index (χ2v) is 13.9. The smallest absolute Gasteiger partial charge is 0.281 e. The molecular weight excluding hydrogens is 590 g/mol. The highest BCUT2D eigenvalue weighted by atomic mass is 35.5. The molecule has 1 saturated heterocycles. The van der Waals surface area contributed by atoms with Crippen molar-refractivity contribution in [3.8, 4) is 0 Å². The van der Waals surface area contributed by atoms with E-state index >= 15 is 0 Å². The Bertz CT molecular complexity index is 1410. The van der Waals surface area contributed by atoms with Crippen LogP contribution in [0.2, 0.25) is 5.15 Å². The van der Waals surface area contributed by atoms with Crippen molar-refractivity contribution in [1.29, 1.82) is 5.41 Å². The molecule has 1 saturated carbocycles. The maximum Gasteiger partial charge on any atom is 0.281 e. The van der Waals surface area contributed by atoms with Crippen molar-refractivity contribution in [1.82, 2.24) is 25.3 Å². The molecule has 2 aromatic rings. The van der Waals surface area contributed by atoms with Crippen molar-refractivity contribution in [2.45, 2.75) is 75.9 Å². The van der Waals surface area contributed by atoms with Crippen LogP contribution in [0.4, 0.5) is 5.82 Å². The van der Waals surface area contributed by atoms with Crippen LogP contribution in [0.15, 0.2) is 47.6 Å². The quantitative estimate of drug-likeness (QED) is 0.0868. The van der Waals surface area contributed by atoms with E-state index in [0.717, 1.165) is 32.4 Å². The Hall–Kier alpha value is -3.06. The third-order valence-corrected chi connectivity index (χ3v) is 9.33. The maximum atomic E-state index is 12.9. The number of sulfonamides is 1. The molecule has 0 aromatic carbocycles. The number of carbonyl (C=O) groups excluding carboxylic acids is 1. The maximum absolute atomic E-state index is 12.9. The summed E-state index contributed by atoms with van der Waals surface area (Å²) in [4.78, 5) is 21.1. The fraction of sp³-hybridized carbons (Fsp3) is 0.533. The van der Waals surface area contributed by atoms with Gasteiger partial charge in [0.1, 0.15) is 11.0 Å². The molecule has 5 N–H and O–H groups in total. The van der Waals surface area contributed by atoms with E-state index in [1.165, 1.54) is 56.2 Å². The summed E-state index contributed by atoms with van der Waals surface area (Å²) >= 11 is 6.20. The third kappa shape index (κ3) is 10.3. The lowest BCUT2D eigenvalue weighted by Crippen LogP contribution is -2.31. The first-order valence-corrected chi connectivity index (χ1v) is 16.7. The summed E-state index contributed by atoms with van der Waals surface area (Å²) < 4.78 is 33.3. The molecule has 1 aliphatic heterocycles. The van der Waals surface area contributed by atoms with Crippen molar-refractivity contribution >= 4 is 39.2 Å². The number of anilines is 1. The minimum atomic E-state index is -4.25. The zero-order chi connectivity index (χ0) is 30.9. The summed E-state index contributed by atoms with van der Waals surface area (Å²) in [7, 11) is -4.25. The van der Waals surface area contributed by atoms with E-state index in [9.17, 15) is 13.2 Å². The van der Waals surface area contributed by atoms with Crippen molar-refractivity contribution in [2.24, 2.45) is 11.8 Å². The normalized spacial score (nSPS) is 18.6. The fourth-order valence-electron chi connectivity index (χ4n) is 5.52. The highest BCUT2D eigenvalue weighted by Crippen LogP contribution is 2.27. The van der Waals surface area contributed by atoms with Crippen LogP contribution in [0.1, 0.15) is 74.8 Å². The summed E-state index contributed by atoms with van der Waals surface area (Å²) in [5.74, 6) is 0.713. The highest BCUT2D eigenvalue weighted by molar-refractivity contribution is 7.90. The molecule has 0 unspecified atom stereocenters. The topological polar surface area (TPSA) is 158 Å². The zero-order valence-electron chi connectivity index (χ0n) is 24.8. The molecule has 43 heavy (non-hydrogen) atoms. The van der Waals surface area contributed by atoms with E-state index < -0.39 is 15.9 Å². The lowest BCUT2D eigenvalue weighted by molar-refractivity contribution is 0.0981. The van der Waals surface area contributed by atoms with Crippen molar-refractivity contribution < 1.29 is 17.9 Å². The Balaban J connectivity index is 1.24. The SMILES string of the molecule is CC1(C)C[C@H](CCNCc2cccc(S(=O)(=O)NC(=O)c3ccc(N/C=C\C(=N)OCCC4CCCC4)nc3Cl)n2)CN1. The van der Waals surface area contributed by atoms with E-state index in [1.807, 2.05) is 4.72 Å². The van der Waals surface area contributed by atoms with E-state index in [4.69, 9.17) is 21.7 Å². The third-order valence-electron chi connectivity index (χ3n) is 7.81. The molecule has 2 aromatic heterocycles. The van der Waals surface area contributed by atoms with Crippen molar-refractivity contribution in [3.05, 3.63) is 59.0 Å². The van der Waals surface area contributed by atoms with Gasteiger partial charge in [-0.2, -0.15) is 8.42 Å². The van der Waals surface area contributed by atoms with E-state index in [2.05, 4.69) is 39.8 Å². The van der Waals surface area contributed by atoms with Crippen LogP contribution >= 0.6 is 11.6 Å². The monoisotopic (exact) mass is 631 g/mol. The van der Waals surface area contributed by atoms with Gasteiger partial charge >= 0.3 is 0 Å². The lowest BCUT2D eigenvalue weighted by Gasteiger charge is -2.17. The van der Waals surface area contributed by atoms with Gasteiger partial charge < -0.3 is 20.7 Å². The van der Waals surface area contributed by atoms with Gasteiger partial charge in [-0.3, -0.25) is 10.2 Å². The molecule has 234 valence electrons. The number of amides is 1. The van der Waals surface area contributed by atoms with Gasteiger partial charge in [0, 0.05) is 24.4 Å². The van der Waals surface area contributed by atoms with Gasteiger partial charge in [0.2, 0.25) is 5.90 Å². The molecule has 0 spiro atoms. The number of carbonyl (C=O) groups is 1. The summed E-state index contributed by atoms with van der Waals surface area (Å²) in [6.45, 7) is 7.12. The lowest BCUT2D eigenvalue weighted by atomic mass is 9.95. The van der Waals surface area contributed by atoms with Crippen LogP contribution in [0, 0.1) is 17.2 Å².